The summed E-state index contributed by atoms with van der Waals surface area (Å²) < 4.78 is 27.1. The lowest BCUT2D eigenvalue weighted by atomic mass is 10.2. The monoisotopic (exact) mass is 334 g/mol. The van der Waals surface area contributed by atoms with Crippen molar-refractivity contribution in [3.05, 3.63) is 32.3 Å². The van der Waals surface area contributed by atoms with Crippen molar-refractivity contribution < 1.29 is 18.4 Å². The molecule has 0 amide bonds. The molecule has 1 aromatic rings. The van der Waals surface area contributed by atoms with Gasteiger partial charge < -0.3 is 9.29 Å². The van der Waals surface area contributed by atoms with Crippen LogP contribution >= 0.6 is 15.9 Å². The number of benzene rings is 1. The van der Waals surface area contributed by atoms with Crippen molar-refractivity contribution in [3.8, 4) is 5.75 Å². The number of rotatable bonds is 5. The predicted octanol–water partition coefficient (Wildman–Crippen LogP) is 2.28. The largest absolute Gasteiger partial charge is 0.772 e. The molecule has 0 bridgehead atoms. The lowest BCUT2D eigenvalue weighted by Crippen LogP contribution is -2.03. The minimum atomic E-state index is -2.29. The minimum absolute atomic E-state index is 0.0273. The molecule has 1 unspecified atom stereocenters. The van der Waals surface area contributed by atoms with Crippen LogP contribution in [0, 0.1) is 10.1 Å². The first-order valence-corrected chi connectivity index (χ1v) is 7.20. The third-order valence-corrected chi connectivity index (χ3v) is 3.53. The molecule has 0 aromatic heterocycles. The first-order chi connectivity index (χ1) is 8.47. The third-order valence-electron chi connectivity index (χ3n) is 2.37. The topological polar surface area (TPSA) is 92.5 Å². The molecule has 1 fully saturated rings. The van der Waals surface area contributed by atoms with Crippen molar-refractivity contribution in [3.63, 3.8) is 0 Å². The van der Waals surface area contributed by atoms with Crippen LogP contribution in [0.2, 0.25) is 0 Å². The van der Waals surface area contributed by atoms with Crippen LogP contribution in [-0.4, -0.2) is 19.8 Å². The normalized spacial score (nSPS) is 16.3. The van der Waals surface area contributed by atoms with Crippen molar-refractivity contribution in [1.82, 2.24) is 0 Å². The van der Waals surface area contributed by atoms with Crippen LogP contribution in [0.4, 0.5) is 5.69 Å². The van der Waals surface area contributed by atoms with Gasteiger partial charge in [0.2, 0.25) is 5.75 Å². The Morgan fingerprint density at radius 1 is 1.50 bits per heavy atom. The van der Waals surface area contributed by atoms with Crippen molar-refractivity contribution in [2.24, 2.45) is 0 Å². The predicted molar refractivity (Wildman–Crippen MR) is 67.1 cm³/mol. The van der Waals surface area contributed by atoms with Gasteiger partial charge in [-0.25, -0.2) is 0 Å². The molecule has 0 saturated heterocycles. The van der Waals surface area contributed by atoms with Crippen LogP contribution in [0.25, 0.3) is 0 Å². The fourth-order valence-corrected chi connectivity index (χ4v) is 2.49. The van der Waals surface area contributed by atoms with E-state index >= 15 is 0 Å². The summed E-state index contributed by atoms with van der Waals surface area (Å²) in [5, 5.41) is 11.0. The van der Waals surface area contributed by atoms with Gasteiger partial charge in [-0.2, -0.15) is 0 Å². The second kappa shape index (κ2) is 5.33. The molecule has 1 atom stereocenters. The van der Waals surface area contributed by atoms with Crippen molar-refractivity contribution >= 4 is 32.7 Å². The fraction of sp³-hybridized carbons (Fsp3) is 0.400. The van der Waals surface area contributed by atoms with E-state index in [1.807, 2.05) is 0 Å². The highest BCUT2D eigenvalue weighted by Crippen LogP contribution is 2.40. The van der Waals surface area contributed by atoms with Crippen LogP contribution in [-0.2, 0) is 16.8 Å². The van der Waals surface area contributed by atoms with E-state index in [1.165, 1.54) is 12.1 Å². The van der Waals surface area contributed by atoms with E-state index in [0.717, 1.165) is 12.8 Å². The van der Waals surface area contributed by atoms with Gasteiger partial charge >= 0.3 is 5.69 Å². The van der Waals surface area contributed by atoms with Crippen molar-refractivity contribution in [2.75, 3.05) is 0 Å². The third kappa shape index (κ3) is 3.27. The summed E-state index contributed by atoms with van der Waals surface area (Å²) in [5.41, 5.74) is 0.141. The molecule has 6 nitrogen and oxygen atoms in total. The van der Waals surface area contributed by atoms with Gasteiger partial charge in [-0.05, 0) is 40.4 Å². The maximum Gasteiger partial charge on any atom is 0.312 e. The Balaban J connectivity index is 2.38. The molecule has 0 aliphatic heterocycles. The lowest BCUT2D eigenvalue weighted by molar-refractivity contribution is -0.386. The SMILES string of the molecule is O=[N+]([O-])c1cc(CS(=O)[O-])cc(Br)c1OC1CC1. The number of ether oxygens (including phenoxy) is 1. The number of hydrogen-bond donors (Lipinski definition) is 0. The fourth-order valence-electron chi connectivity index (χ4n) is 1.46. The van der Waals surface area contributed by atoms with Gasteiger partial charge in [-0.1, -0.05) is 11.1 Å². The second-order valence-electron chi connectivity index (χ2n) is 3.95. The first-order valence-electron chi connectivity index (χ1n) is 5.16. The van der Waals surface area contributed by atoms with Gasteiger partial charge in [0.25, 0.3) is 0 Å². The molecule has 0 spiro atoms. The molecule has 0 heterocycles. The van der Waals surface area contributed by atoms with Gasteiger partial charge in [0.1, 0.15) is 0 Å². The maximum absolute atomic E-state index is 11.0. The molecule has 18 heavy (non-hydrogen) atoms. The second-order valence-corrected chi connectivity index (χ2v) is 5.70. The zero-order valence-corrected chi connectivity index (χ0v) is 11.5. The highest BCUT2D eigenvalue weighted by atomic mass is 79.9. The zero-order chi connectivity index (χ0) is 13.3. The van der Waals surface area contributed by atoms with Crippen LogP contribution in [0.1, 0.15) is 18.4 Å². The van der Waals surface area contributed by atoms with E-state index in [4.69, 9.17) is 4.74 Å². The molecule has 1 aromatic carbocycles. The number of halogens is 1. The van der Waals surface area contributed by atoms with Gasteiger partial charge in [0.05, 0.1) is 15.5 Å². The standard InChI is InChI=1S/C10H10BrNO5S/c11-8-3-6(5-18(15)16)4-9(12(13)14)10(8)17-7-1-2-7/h3-4,7H,1-2,5H2,(H,15,16)/p-1. The average molecular weight is 335 g/mol. The van der Waals surface area contributed by atoms with E-state index in [1.54, 1.807) is 0 Å². The Hall–Kier alpha value is -0.990. The first kappa shape index (κ1) is 13.4. The molecule has 1 aliphatic carbocycles. The summed E-state index contributed by atoms with van der Waals surface area (Å²) in [5.74, 6) is -0.0914. The Kier molecular flexibility index (Phi) is 3.98. The van der Waals surface area contributed by atoms with Crippen molar-refractivity contribution in [2.45, 2.75) is 24.7 Å². The number of nitro benzene ring substituents is 1. The molecule has 1 saturated carbocycles. The minimum Gasteiger partial charge on any atom is -0.772 e. The average Bonchev–Trinajstić information content (AvgIpc) is 3.04. The quantitative estimate of drug-likeness (QED) is 0.467. The maximum atomic E-state index is 11.0. The Morgan fingerprint density at radius 3 is 2.67 bits per heavy atom. The molecule has 2 rings (SSSR count). The molecular weight excluding hydrogens is 326 g/mol. The Labute approximate surface area is 114 Å². The van der Waals surface area contributed by atoms with Crippen LogP contribution in [0.15, 0.2) is 16.6 Å². The summed E-state index contributed by atoms with van der Waals surface area (Å²) in [6.45, 7) is 0. The summed E-state index contributed by atoms with van der Waals surface area (Å²) >= 11 is 0.896. The van der Waals surface area contributed by atoms with Crippen LogP contribution < -0.4 is 4.74 Å². The number of hydrogen-bond acceptors (Lipinski definition) is 5. The highest BCUT2D eigenvalue weighted by Gasteiger charge is 2.29. The molecule has 1 aliphatic rings. The number of nitrogens with zero attached hydrogens (tertiary/aromatic N) is 1. The lowest BCUT2D eigenvalue weighted by Gasteiger charge is -2.11. The molecule has 0 radical (unpaired) electrons. The van der Waals surface area contributed by atoms with E-state index < -0.39 is 16.0 Å². The van der Waals surface area contributed by atoms with Gasteiger partial charge in [-0.15, -0.1) is 0 Å². The van der Waals surface area contributed by atoms with Crippen LogP contribution in [0.5, 0.6) is 5.75 Å². The Bertz CT molecular complexity index is 517. The molecular formula is C10H9BrNO5S-. The summed E-state index contributed by atoms with van der Waals surface area (Å²) in [6, 6.07) is 2.76. The van der Waals surface area contributed by atoms with E-state index in [9.17, 15) is 18.9 Å². The smallest absolute Gasteiger partial charge is 0.312 e. The van der Waals surface area contributed by atoms with E-state index in [0.29, 0.717) is 10.0 Å². The van der Waals surface area contributed by atoms with Gasteiger partial charge in [0, 0.05) is 11.8 Å². The Morgan fingerprint density at radius 2 is 2.17 bits per heavy atom. The van der Waals surface area contributed by atoms with Gasteiger partial charge in [0.15, 0.2) is 0 Å². The van der Waals surface area contributed by atoms with Crippen LogP contribution in [0.3, 0.4) is 0 Å². The molecule has 8 heteroatoms. The summed E-state index contributed by atoms with van der Waals surface area (Å²) in [4.78, 5) is 10.4. The zero-order valence-electron chi connectivity index (χ0n) is 9.13. The summed E-state index contributed by atoms with van der Waals surface area (Å²) in [6.07, 6.45) is 1.80. The summed E-state index contributed by atoms with van der Waals surface area (Å²) in [7, 11) is 0. The number of nitro groups is 1. The van der Waals surface area contributed by atoms with E-state index in [2.05, 4.69) is 15.9 Å². The van der Waals surface area contributed by atoms with Gasteiger partial charge in [-0.3, -0.25) is 14.3 Å². The molecule has 98 valence electrons. The highest BCUT2D eigenvalue weighted by molar-refractivity contribution is 9.10. The van der Waals surface area contributed by atoms with E-state index in [-0.39, 0.29) is 23.3 Å². The molecule has 0 N–H and O–H groups in total. The van der Waals surface area contributed by atoms with Crippen molar-refractivity contribution in [1.29, 1.82) is 0 Å².